The Morgan fingerprint density at radius 3 is 3.25 bits per heavy atom. The maximum absolute atomic E-state index is 4.15. The van der Waals surface area contributed by atoms with Crippen LogP contribution in [0.5, 0.6) is 0 Å². The fourth-order valence-corrected chi connectivity index (χ4v) is 2.00. The van der Waals surface area contributed by atoms with Crippen LogP contribution >= 0.6 is 0 Å². The molecule has 1 aliphatic carbocycles. The third-order valence-electron chi connectivity index (χ3n) is 2.60. The average Bonchev–Trinajstić information content (AvgIpc) is 2.62. The Morgan fingerprint density at radius 2 is 2.25 bits per heavy atom. The average molecular weight is 159 g/mol. The number of benzene rings is 1. The van der Waals surface area contributed by atoms with Crippen molar-refractivity contribution in [1.29, 1.82) is 0 Å². The quantitative estimate of drug-likeness (QED) is 0.613. The number of rotatable bonds is 0. The van der Waals surface area contributed by atoms with Gasteiger partial charge in [-0.3, -0.25) is 5.43 Å². The fourth-order valence-electron chi connectivity index (χ4n) is 2.00. The van der Waals surface area contributed by atoms with Crippen LogP contribution in [0.2, 0.25) is 0 Å². The fraction of sp³-hybridized carbons (Fsp3) is 0.333. The second-order valence-electron chi connectivity index (χ2n) is 3.30. The summed E-state index contributed by atoms with van der Waals surface area (Å²) in [5.41, 5.74) is 5.78. The second-order valence-corrected chi connectivity index (χ2v) is 3.30. The maximum Gasteiger partial charge on any atom is 0.120 e. The topological polar surface area (TPSA) is 36.8 Å². The van der Waals surface area contributed by atoms with E-state index in [1.165, 1.54) is 11.1 Å². The van der Waals surface area contributed by atoms with Gasteiger partial charge in [-0.05, 0) is 17.5 Å². The van der Waals surface area contributed by atoms with Gasteiger partial charge in [-0.2, -0.15) is 5.11 Å². The SMILES string of the molecule is c1ccc2c(c1)CC1NN=NC21. The molecule has 3 nitrogen and oxygen atoms in total. The van der Waals surface area contributed by atoms with Gasteiger partial charge in [0.05, 0.1) is 6.04 Å². The molecule has 0 amide bonds. The molecule has 1 N–H and O–H groups in total. The van der Waals surface area contributed by atoms with Crippen molar-refractivity contribution in [3.63, 3.8) is 0 Å². The molecule has 0 saturated heterocycles. The molecule has 0 fully saturated rings. The zero-order valence-corrected chi connectivity index (χ0v) is 6.57. The van der Waals surface area contributed by atoms with Crippen molar-refractivity contribution in [2.24, 2.45) is 10.3 Å². The van der Waals surface area contributed by atoms with E-state index in [0.29, 0.717) is 6.04 Å². The Balaban J connectivity index is 2.14. The molecule has 2 unspecified atom stereocenters. The van der Waals surface area contributed by atoms with Crippen molar-refractivity contribution in [2.45, 2.75) is 18.5 Å². The number of nitrogens with zero attached hydrogens (tertiary/aromatic N) is 2. The minimum Gasteiger partial charge on any atom is -0.286 e. The van der Waals surface area contributed by atoms with Crippen molar-refractivity contribution in [3.8, 4) is 0 Å². The monoisotopic (exact) mass is 159 g/mol. The summed E-state index contributed by atoms with van der Waals surface area (Å²) in [6.45, 7) is 0. The van der Waals surface area contributed by atoms with Gasteiger partial charge in [0, 0.05) is 0 Å². The van der Waals surface area contributed by atoms with E-state index in [1.807, 2.05) is 0 Å². The first-order valence-corrected chi connectivity index (χ1v) is 4.18. The molecule has 2 aliphatic rings. The molecule has 0 bridgehead atoms. The Hall–Kier alpha value is -1.38. The first-order chi connectivity index (χ1) is 5.95. The van der Waals surface area contributed by atoms with Gasteiger partial charge in [0.25, 0.3) is 0 Å². The van der Waals surface area contributed by atoms with Gasteiger partial charge >= 0.3 is 0 Å². The van der Waals surface area contributed by atoms with Gasteiger partial charge in [0.1, 0.15) is 6.04 Å². The van der Waals surface area contributed by atoms with Crippen molar-refractivity contribution in [1.82, 2.24) is 5.43 Å². The molecule has 2 atom stereocenters. The van der Waals surface area contributed by atoms with Gasteiger partial charge in [0.2, 0.25) is 0 Å². The van der Waals surface area contributed by atoms with E-state index in [1.54, 1.807) is 0 Å². The molecule has 0 radical (unpaired) electrons. The van der Waals surface area contributed by atoms with E-state index in [9.17, 15) is 0 Å². The first kappa shape index (κ1) is 6.17. The molecule has 3 rings (SSSR count). The van der Waals surface area contributed by atoms with Crippen molar-refractivity contribution in [2.75, 3.05) is 0 Å². The van der Waals surface area contributed by atoms with Crippen LogP contribution in [0.1, 0.15) is 17.2 Å². The summed E-state index contributed by atoms with van der Waals surface area (Å²) < 4.78 is 0. The van der Waals surface area contributed by atoms with Crippen LogP contribution in [0, 0.1) is 0 Å². The predicted octanol–water partition coefficient (Wildman–Crippen LogP) is 1.62. The van der Waals surface area contributed by atoms with Crippen LogP contribution in [0.15, 0.2) is 34.6 Å². The predicted molar refractivity (Wildman–Crippen MR) is 44.7 cm³/mol. The largest absolute Gasteiger partial charge is 0.286 e. The molecule has 0 aromatic heterocycles. The lowest BCUT2D eigenvalue weighted by Gasteiger charge is -2.03. The minimum absolute atomic E-state index is 0.279. The number of nitrogens with one attached hydrogen (secondary N) is 1. The maximum atomic E-state index is 4.15. The van der Waals surface area contributed by atoms with E-state index >= 15 is 0 Å². The number of hydrogen-bond donors (Lipinski definition) is 1. The molecule has 0 spiro atoms. The molecule has 12 heavy (non-hydrogen) atoms. The Kier molecular flexibility index (Phi) is 1.06. The third-order valence-corrected chi connectivity index (χ3v) is 2.60. The third kappa shape index (κ3) is 0.656. The summed E-state index contributed by atoms with van der Waals surface area (Å²) in [6, 6.07) is 9.16. The Bertz CT molecular complexity index is 345. The van der Waals surface area contributed by atoms with Crippen LogP contribution < -0.4 is 5.43 Å². The van der Waals surface area contributed by atoms with Gasteiger partial charge in [-0.1, -0.05) is 29.5 Å². The summed E-state index contributed by atoms with van der Waals surface area (Å²) in [5, 5.41) is 7.99. The van der Waals surface area contributed by atoms with Crippen LogP contribution in [0.4, 0.5) is 0 Å². The highest BCUT2D eigenvalue weighted by Gasteiger charge is 2.35. The van der Waals surface area contributed by atoms with Crippen LogP contribution in [0.25, 0.3) is 0 Å². The van der Waals surface area contributed by atoms with Gasteiger partial charge < -0.3 is 0 Å². The normalized spacial score (nSPS) is 29.7. The molecule has 0 saturated carbocycles. The molecule has 60 valence electrons. The van der Waals surface area contributed by atoms with E-state index in [-0.39, 0.29) is 6.04 Å². The second kappa shape index (κ2) is 2.06. The van der Waals surface area contributed by atoms with E-state index in [4.69, 9.17) is 0 Å². The lowest BCUT2D eigenvalue weighted by molar-refractivity contribution is 0.561. The molecular weight excluding hydrogens is 150 g/mol. The van der Waals surface area contributed by atoms with E-state index < -0.39 is 0 Å². The van der Waals surface area contributed by atoms with Gasteiger partial charge in [0.15, 0.2) is 0 Å². The van der Waals surface area contributed by atoms with E-state index in [0.717, 1.165) is 6.42 Å². The van der Waals surface area contributed by atoms with Crippen molar-refractivity contribution < 1.29 is 0 Å². The van der Waals surface area contributed by atoms with E-state index in [2.05, 4.69) is 40.0 Å². The summed E-state index contributed by atoms with van der Waals surface area (Å²) in [6.07, 6.45) is 1.06. The number of fused-ring (bicyclic) bond motifs is 3. The highest BCUT2D eigenvalue weighted by Crippen LogP contribution is 2.36. The summed E-state index contributed by atoms with van der Waals surface area (Å²) in [5.74, 6) is 0. The molecule has 1 aliphatic heterocycles. The molecule has 1 aromatic carbocycles. The standard InChI is InChI=1S/C9H9N3/c1-2-4-7-6(3-1)5-8-9(7)11-12-10-8/h1-4,8-9H,5H2,(H,10,11). The summed E-state index contributed by atoms with van der Waals surface area (Å²) >= 11 is 0. The Labute approximate surface area is 70.5 Å². The zero-order valence-electron chi connectivity index (χ0n) is 6.57. The smallest absolute Gasteiger partial charge is 0.120 e. The minimum atomic E-state index is 0.279. The molecule has 1 aromatic rings. The van der Waals surface area contributed by atoms with Crippen LogP contribution in [-0.4, -0.2) is 6.04 Å². The zero-order chi connectivity index (χ0) is 7.97. The highest BCUT2D eigenvalue weighted by atomic mass is 15.5. The lowest BCUT2D eigenvalue weighted by Crippen LogP contribution is -2.21. The lowest BCUT2D eigenvalue weighted by atomic mass is 10.1. The van der Waals surface area contributed by atoms with Crippen LogP contribution in [0.3, 0.4) is 0 Å². The molecule has 3 heteroatoms. The van der Waals surface area contributed by atoms with Gasteiger partial charge in [-0.25, -0.2) is 0 Å². The highest BCUT2D eigenvalue weighted by molar-refractivity contribution is 5.37. The first-order valence-electron chi connectivity index (χ1n) is 4.18. The van der Waals surface area contributed by atoms with Crippen molar-refractivity contribution in [3.05, 3.63) is 35.4 Å². The molecule has 1 heterocycles. The Morgan fingerprint density at radius 1 is 1.33 bits per heavy atom. The number of hydrogen-bond acceptors (Lipinski definition) is 3. The van der Waals surface area contributed by atoms with Crippen molar-refractivity contribution >= 4 is 0 Å². The summed E-state index contributed by atoms with van der Waals surface area (Å²) in [4.78, 5) is 0. The summed E-state index contributed by atoms with van der Waals surface area (Å²) in [7, 11) is 0. The van der Waals surface area contributed by atoms with Gasteiger partial charge in [-0.15, -0.1) is 0 Å². The van der Waals surface area contributed by atoms with Crippen LogP contribution in [-0.2, 0) is 6.42 Å². The molecular formula is C9H9N3.